The van der Waals surface area contributed by atoms with Crippen LogP contribution in [0.2, 0.25) is 0 Å². The lowest BCUT2D eigenvalue weighted by Gasteiger charge is -2.23. The lowest BCUT2D eigenvalue weighted by atomic mass is 10.0. The van der Waals surface area contributed by atoms with Gasteiger partial charge in [0, 0.05) is 16.7 Å². The van der Waals surface area contributed by atoms with Gasteiger partial charge in [-0.15, -0.1) is 0 Å². The zero-order chi connectivity index (χ0) is 14.9. The van der Waals surface area contributed by atoms with Crippen molar-refractivity contribution in [3.05, 3.63) is 28.2 Å². The molecule has 2 amide bonds. The third kappa shape index (κ3) is 3.12. The number of hydrogen-bond donors (Lipinski definition) is 2. The number of hydrogen-bond acceptors (Lipinski definition) is 2. The van der Waals surface area contributed by atoms with Gasteiger partial charge in [0.15, 0.2) is 0 Å². The molecule has 1 aromatic carbocycles. The summed E-state index contributed by atoms with van der Waals surface area (Å²) in [6.07, 6.45) is 0.710. The molecule has 5 nitrogen and oxygen atoms in total. The summed E-state index contributed by atoms with van der Waals surface area (Å²) in [7, 11) is 0. The number of benzene rings is 1. The SMILES string of the molecule is Cc1cc(Br)cc(NC(=O)N2CCC(C)C2C(=O)O)c1. The number of aryl methyl sites for hydroxylation is 1. The fraction of sp³-hybridized carbons (Fsp3) is 0.429. The number of halogens is 1. The van der Waals surface area contributed by atoms with Crippen LogP contribution in [0, 0.1) is 12.8 Å². The molecule has 0 radical (unpaired) electrons. The fourth-order valence-corrected chi connectivity index (χ4v) is 3.16. The first-order chi connectivity index (χ1) is 9.38. The topological polar surface area (TPSA) is 69.6 Å². The van der Waals surface area contributed by atoms with Crippen LogP contribution in [0.5, 0.6) is 0 Å². The van der Waals surface area contributed by atoms with Crippen molar-refractivity contribution in [1.82, 2.24) is 4.90 Å². The Morgan fingerprint density at radius 1 is 1.40 bits per heavy atom. The minimum Gasteiger partial charge on any atom is -0.480 e. The van der Waals surface area contributed by atoms with Crippen molar-refractivity contribution in [2.45, 2.75) is 26.3 Å². The average Bonchev–Trinajstić information content (AvgIpc) is 2.69. The number of likely N-dealkylation sites (tertiary alicyclic amines) is 1. The van der Waals surface area contributed by atoms with Crippen molar-refractivity contribution in [2.75, 3.05) is 11.9 Å². The average molecular weight is 341 g/mol. The van der Waals surface area contributed by atoms with Gasteiger partial charge in [0.1, 0.15) is 6.04 Å². The van der Waals surface area contributed by atoms with Crippen LogP contribution >= 0.6 is 15.9 Å². The maximum atomic E-state index is 12.2. The number of nitrogens with one attached hydrogen (secondary N) is 1. The van der Waals surface area contributed by atoms with E-state index in [1.54, 1.807) is 6.07 Å². The molecular formula is C14H17BrN2O3. The second kappa shape index (κ2) is 5.83. The number of nitrogens with zero attached hydrogens (tertiary/aromatic N) is 1. The summed E-state index contributed by atoms with van der Waals surface area (Å²) in [6, 6.07) is 4.47. The molecule has 108 valence electrons. The molecule has 2 rings (SSSR count). The maximum absolute atomic E-state index is 12.2. The van der Waals surface area contributed by atoms with E-state index in [2.05, 4.69) is 21.2 Å². The van der Waals surface area contributed by atoms with E-state index in [0.717, 1.165) is 10.0 Å². The van der Waals surface area contributed by atoms with Crippen LogP contribution < -0.4 is 5.32 Å². The highest BCUT2D eigenvalue weighted by atomic mass is 79.9. The van der Waals surface area contributed by atoms with Crippen LogP contribution in [0.3, 0.4) is 0 Å². The van der Waals surface area contributed by atoms with Crippen molar-refractivity contribution >= 4 is 33.6 Å². The quantitative estimate of drug-likeness (QED) is 0.869. The van der Waals surface area contributed by atoms with Gasteiger partial charge in [-0.05, 0) is 43.0 Å². The standard InChI is InChI=1S/C14H17BrN2O3/c1-8-5-10(15)7-11(6-8)16-14(20)17-4-3-9(2)12(17)13(18)19/h5-7,9,12H,3-4H2,1-2H3,(H,16,20)(H,18,19). The lowest BCUT2D eigenvalue weighted by Crippen LogP contribution is -2.44. The molecule has 2 unspecified atom stereocenters. The number of aliphatic carboxylic acids is 1. The molecule has 1 fully saturated rings. The zero-order valence-corrected chi connectivity index (χ0v) is 13.0. The molecule has 20 heavy (non-hydrogen) atoms. The van der Waals surface area contributed by atoms with E-state index in [4.69, 9.17) is 0 Å². The van der Waals surface area contributed by atoms with E-state index >= 15 is 0 Å². The minimum atomic E-state index is -0.949. The van der Waals surface area contributed by atoms with Crippen molar-refractivity contribution in [3.63, 3.8) is 0 Å². The van der Waals surface area contributed by atoms with E-state index in [1.807, 2.05) is 26.0 Å². The summed E-state index contributed by atoms with van der Waals surface area (Å²) >= 11 is 3.37. The Labute approximate surface area is 126 Å². The van der Waals surface area contributed by atoms with Gasteiger partial charge in [-0.2, -0.15) is 0 Å². The summed E-state index contributed by atoms with van der Waals surface area (Å²) in [5, 5.41) is 12.0. The Kier molecular flexibility index (Phi) is 4.32. The molecule has 2 N–H and O–H groups in total. The van der Waals surface area contributed by atoms with E-state index in [9.17, 15) is 14.7 Å². The molecule has 0 aliphatic carbocycles. The highest BCUT2D eigenvalue weighted by molar-refractivity contribution is 9.10. The molecule has 1 aromatic rings. The molecular weight excluding hydrogens is 324 g/mol. The van der Waals surface area contributed by atoms with E-state index in [-0.39, 0.29) is 11.9 Å². The second-order valence-corrected chi connectivity index (χ2v) is 6.11. The summed E-state index contributed by atoms with van der Waals surface area (Å²) in [4.78, 5) is 24.9. The van der Waals surface area contributed by atoms with Gasteiger partial charge in [0.05, 0.1) is 0 Å². The normalized spacial score (nSPS) is 21.9. The highest BCUT2D eigenvalue weighted by Crippen LogP contribution is 2.26. The van der Waals surface area contributed by atoms with Crippen LogP contribution in [-0.2, 0) is 4.79 Å². The first-order valence-electron chi connectivity index (χ1n) is 6.46. The van der Waals surface area contributed by atoms with Gasteiger partial charge in [0.25, 0.3) is 0 Å². The number of carbonyl (C=O) groups excluding carboxylic acids is 1. The van der Waals surface area contributed by atoms with Crippen molar-refractivity contribution in [3.8, 4) is 0 Å². The Bertz CT molecular complexity index is 527. The molecule has 6 heteroatoms. The largest absolute Gasteiger partial charge is 0.480 e. The van der Waals surface area contributed by atoms with Crippen molar-refractivity contribution in [2.24, 2.45) is 5.92 Å². The number of rotatable bonds is 2. The number of carboxylic acid groups (broad SMARTS) is 1. The van der Waals surface area contributed by atoms with E-state index in [0.29, 0.717) is 18.7 Å². The lowest BCUT2D eigenvalue weighted by molar-refractivity contribution is -0.142. The van der Waals surface area contributed by atoms with Crippen molar-refractivity contribution < 1.29 is 14.7 Å². The van der Waals surface area contributed by atoms with Crippen LogP contribution in [-0.4, -0.2) is 34.6 Å². The van der Waals surface area contributed by atoms with E-state index < -0.39 is 12.0 Å². The van der Waals surface area contributed by atoms with Gasteiger partial charge in [-0.1, -0.05) is 22.9 Å². The fourth-order valence-electron chi connectivity index (χ4n) is 2.56. The molecule has 0 spiro atoms. The minimum absolute atomic E-state index is 0.0255. The van der Waals surface area contributed by atoms with Gasteiger partial charge in [-0.3, -0.25) is 0 Å². The monoisotopic (exact) mass is 340 g/mol. The Balaban J connectivity index is 2.13. The van der Waals surface area contributed by atoms with Gasteiger partial charge >= 0.3 is 12.0 Å². The smallest absolute Gasteiger partial charge is 0.326 e. The van der Waals surface area contributed by atoms with Gasteiger partial charge < -0.3 is 15.3 Å². The number of amides is 2. The Hall–Kier alpha value is -1.56. The summed E-state index contributed by atoms with van der Waals surface area (Å²) < 4.78 is 0.873. The summed E-state index contributed by atoms with van der Waals surface area (Å²) in [5.74, 6) is -0.974. The van der Waals surface area contributed by atoms with Crippen LogP contribution in [0.25, 0.3) is 0 Å². The highest BCUT2D eigenvalue weighted by Gasteiger charge is 2.39. The first-order valence-corrected chi connectivity index (χ1v) is 7.25. The maximum Gasteiger partial charge on any atom is 0.326 e. The van der Waals surface area contributed by atoms with E-state index in [1.165, 1.54) is 4.90 Å². The molecule has 0 aromatic heterocycles. The number of urea groups is 1. The van der Waals surface area contributed by atoms with Crippen LogP contribution in [0.1, 0.15) is 18.9 Å². The molecule has 1 aliphatic rings. The third-order valence-corrected chi connectivity index (χ3v) is 3.97. The summed E-state index contributed by atoms with van der Waals surface area (Å²) in [6.45, 7) is 4.25. The molecule has 1 aliphatic heterocycles. The zero-order valence-electron chi connectivity index (χ0n) is 11.4. The second-order valence-electron chi connectivity index (χ2n) is 5.19. The molecule has 1 heterocycles. The van der Waals surface area contributed by atoms with Crippen molar-refractivity contribution in [1.29, 1.82) is 0 Å². The number of carbonyl (C=O) groups is 2. The van der Waals surface area contributed by atoms with Gasteiger partial charge in [-0.25, -0.2) is 9.59 Å². The van der Waals surface area contributed by atoms with Crippen LogP contribution in [0.4, 0.5) is 10.5 Å². The summed E-state index contributed by atoms with van der Waals surface area (Å²) in [5.41, 5.74) is 1.67. The number of anilines is 1. The molecule has 1 saturated heterocycles. The van der Waals surface area contributed by atoms with Gasteiger partial charge in [0.2, 0.25) is 0 Å². The van der Waals surface area contributed by atoms with Crippen LogP contribution in [0.15, 0.2) is 22.7 Å². The Morgan fingerprint density at radius 2 is 2.10 bits per heavy atom. The first kappa shape index (κ1) is 14.8. The number of carboxylic acids is 1. The predicted molar refractivity (Wildman–Crippen MR) is 79.8 cm³/mol. The molecule has 2 atom stereocenters. The molecule has 0 saturated carbocycles. The molecule has 0 bridgehead atoms. The third-order valence-electron chi connectivity index (χ3n) is 3.51. The predicted octanol–water partition coefficient (Wildman–Crippen LogP) is 3.08. The Morgan fingerprint density at radius 3 is 2.70 bits per heavy atom.